The summed E-state index contributed by atoms with van der Waals surface area (Å²) >= 11 is 0. The highest BCUT2D eigenvalue weighted by molar-refractivity contribution is 5.23. The first kappa shape index (κ1) is 10.6. The van der Waals surface area contributed by atoms with Crippen molar-refractivity contribution >= 4 is 0 Å². The zero-order valence-electron chi connectivity index (χ0n) is 8.49. The normalized spacial score (nSPS) is 10.1. The highest BCUT2D eigenvalue weighted by Crippen LogP contribution is 2.14. The van der Waals surface area contributed by atoms with Crippen LogP contribution in [0.15, 0.2) is 48.5 Å². The molecule has 1 nitrogen and oxygen atoms in total. The first-order chi connectivity index (χ1) is 7.74. The maximum absolute atomic E-state index is 12.8. The topological polar surface area (TPSA) is 9.23 Å². The van der Waals surface area contributed by atoms with Crippen molar-refractivity contribution in [2.24, 2.45) is 0 Å². The smallest absolute Gasteiger partial charge is 0.126 e. The molecule has 0 radical (unpaired) electrons. The predicted molar refractivity (Wildman–Crippen MR) is 57.1 cm³/mol. The lowest BCUT2D eigenvalue weighted by Gasteiger charge is -2.06. The molecule has 0 saturated heterocycles. The molecule has 2 rings (SSSR count). The summed E-state index contributed by atoms with van der Waals surface area (Å²) in [4.78, 5) is 0. The van der Waals surface area contributed by atoms with E-state index in [1.54, 1.807) is 24.3 Å². The third kappa shape index (κ3) is 2.79. The standard InChI is InChI=1S/C13H10F2O/c14-11-4-1-3-10(7-11)9-16-13-6-2-5-12(15)8-13/h1-8H,9H2. The summed E-state index contributed by atoms with van der Waals surface area (Å²) in [6.07, 6.45) is 0. The van der Waals surface area contributed by atoms with Crippen LogP contribution in [0.25, 0.3) is 0 Å². The second-order valence-corrected chi connectivity index (χ2v) is 3.38. The Hall–Kier alpha value is -1.90. The van der Waals surface area contributed by atoms with Crippen molar-refractivity contribution in [1.29, 1.82) is 0 Å². The maximum Gasteiger partial charge on any atom is 0.126 e. The van der Waals surface area contributed by atoms with Crippen molar-refractivity contribution in [2.45, 2.75) is 6.61 Å². The molecule has 0 fully saturated rings. The van der Waals surface area contributed by atoms with Crippen molar-refractivity contribution in [3.8, 4) is 5.75 Å². The van der Waals surface area contributed by atoms with Gasteiger partial charge in [-0.15, -0.1) is 0 Å². The van der Waals surface area contributed by atoms with E-state index >= 15 is 0 Å². The van der Waals surface area contributed by atoms with Crippen LogP contribution in [0.1, 0.15) is 5.56 Å². The van der Waals surface area contributed by atoms with Crippen LogP contribution in [0.4, 0.5) is 8.78 Å². The zero-order chi connectivity index (χ0) is 11.4. The van der Waals surface area contributed by atoms with Crippen LogP contribution < -0.4 is 4.74 Å². The molecule has 0 aliphatic rings. The lowest BCUT2D eigenvalue weighted by Crippen LogP contribution is -1.95. The van der Waals surface area contributed by atoms with E-state index in [0.717, 1.165) is 0 Å². The Morgan fingerprint density at radius 3 is 2.25 bits per heavy atom. The monoisotopic (exact) mass is 220 g/mol. The van der Waals surface area contributed by atoms with Gasteiger partial charge in [-0.25, -0.2) is 8.78 Å². The summed E-state index contributed by atoms with van der Waals surface area (Å²) in [7, 11) is 0. The van der Waals surface area contributed by atoms with E-state index in [1.165, 1.54) is 24.3 Å². The number of rotatable bonds is 3. The third-order valence-corrected chi connectivity index (χ3v) is 2.09. The summed E-state index contributed by atoms with van der Waals surface area (Å²) < 4.78 is 31.0. The number of hydrogen-bond donors (Lipinski definition) is 0. The Bertz CT molecular complexity index is 437. The van der Waals surface area contributed by atoms with Gasteiger partial charge in [0.15, 0.2) is 0 Å². The van der Waals surface area contributed by atoms with Gasteiger partial charge in [0, 0.05) is 6.07 Å². The molecule has 3 heteroatoms. The molecule has 2 aromatic rings. The molecule has 0 spiro atoms. The molecule has 0 N–H and O–H groups in total. The molecule has 2 aromatic carbocycles. The minimum Gasteiger partial charge on any atom is -0.489 e. The molecule has 0 heterocycles. The average Bonchev–Trinajstić information content (AvgIpc) is 2.27. The van der Waals surface area contributed by atoms with Crippen molar-refractivity contribution in [1.82, 2.24) is 0 Å². The predicted octanol–water partition coefficient (Wildman–Crippen LogP) is 3.54. The van der Waals surface area contributed by atoms with Crippen molar-refractivity contribution in [3.63, 3.8) is 0 Å². The highest BCUT2D eigenvalue weighted by Gasteiger charge is 1.98. The van der Waals surface area contributed by atoms with E-state index in [1.807, 2.05) is 0 Å². The lowest BCUT2D eigenvalue weighted by molar-refractivity contribution is 0.304. The van der Waals surface area contributed by atoms with Crippen molar-refractivity contribution in [3.05, 3.63) is 65.7 Å². The number of hydrogen-bond acceptors (Lipinski definition) is 1. The van der Waals surface area contributed by atoms with E-state index in [0.29, 0.717) is 11.3 Å². The fourth-order valence-electron chi connectivity index (χ4n) is 1.35. The van der Waals surface area contributed by atoms with Gasteiger partial charge in [0.1, 0.15) is 24.0 Å². The summed E-state index contributed by atoms with van der Waals surface area (Å²) in [6, 6.07) is 12.0. The van der Waals surface area contributed by atoms with Gasteiger partial charge in [-0.3, -0.25) is 0 Å². The molecule has 82 valence electrons. The SMILES string of the molecule is Fc1cccc(COc2cccc(F)c2)c1. The molecule has 0 aliphatic carbocycles. The van der Waals surface area contributed by atoms with Gasteiger partial charge in [-0.1, -0.05) is 18.2 Å². The quantitative estimate of drug-likeness (QED) is 0.768. The van der Waals surface area contributed by atoms with E-state index < -0.39 is 0 Å². The van der Waals surface area contributed by atoms with Gasteiger partial charge in [0.05, 0.1) is 0 Å². The number of benzene rings is 2. The van der Waals surface area contributed by atoms with Gasteiger partial charge in [0.2, 0.25) is 0 Å². The van der Waals surface area contributed by atoms with Crippen molar-refractivity contribution < 1.29 is 13.5 Å². The molecule has 0 bridgehead atoms. The summed E-state index contributed by atoms with van der Waals surface area (Å²) in [6.45, 7) is 0.223. The van der Waals surface area contributed by atoms with Crippen LogP contribution in [-0.2, 0) is 6.61 Å². The van der Waals surface area contributed by atoms with E-state index in [2.05, 4.69) is 0 Å². The third-order valence-electron chi connectivity index (χ3n) is 2.09. The van der Waals surface area contributed by atoms with Crippen LogP contribution in [0.5, 0.6) is 5.75 Å². The summed E-state index contributed by atoms with van der Waals surface area (Å²) in [5.74, 6) is -0.221. The minimum atomic E-state index is -0.350. The summed E-state index contributed by atoms with van der Waals surface area (Å²) in [5, 5.41) is 0. The molecule has 0 aliphatic heterocycles. The average molecular weight is 220 g/mol. The molecular weight excluding hydrogens is 210 g/mol. The van der Waals surface area contributed by atoms with Gasteiger partial charge in [-0.05, 0) is 29.8 Å². The van der Waals surface area contributed by atoms with Gasteiger partial charge < -0.3 is 4.74 Å². The van der Waals surface area contributed by atoms with Crippen LogP contribution in [-0.4, -0.2) is 0 Å². The Morgan fingerprint density at radius 1 is 0.875 bits per heavy atom. The molecule has 16 heavy (non-hydrogen) atoms. The van der Waals surface area contributed by atoms with Crippen LogP contribution >= 0.6 is 0 Å². The second kappa shape index (κ2) is 4.75. The first-order valence-corrected chi connectivity index (χ1v) is 4.87. The molecule has 0 atom stereocenters. The fraction of sp³-hybridized carbons (Fsp3) is 0.0769. The van der Waals surface area contributed by atoms with Gasteiger partial charge in [-0.2, -0.15) is 0 Å². The van der Waals surface area contributed by atoms with Crippen LogP contribution in [0.2, 0.25) is 0 Å². The highest BCUT2D eigenvalue weighted by atomic mass is 19.1. The minimum absolute atomic E-state index is 0.223. The van der Waals surface area contributed by atoms with E-state index in [4.69, 9.17) is 4.74 Å². The summed E-state index contributed by atoms with van der Waals surface area (Å²) in [5.41, 5.74) is 0.712. The number of ether oxygens (including phenoxy) is 1. The molecular formula is C13H10F2O. The van der Waals surface area contributed by atoms with Crippen LogP contribution in [0, 0.1) is 11.6 Å². The number of halogens is 2. The fourth-order valence-corrected chi connectivity index (χ4v) is 1.35. The molecule has 0 saturated carbocycles. The Kier molecular flexibility index (Phi) is 3.15. The Morgan fingerprint density at radius 2 is 1.56 bits per heavy atom. The van der Waals surface area contributed by atoms with Crippen molar-refractivity contribution in [2.75, 3.05) is 0 Å². The van der Waals surface area contributed by atoms with Gasteiger partial charge in [0.25, 0.3) is 0 Å². The molecule has 0 aromatic heterocycles. The maximum atomic E-state index is 12.8. The zero-order valence-corrected chi connectivity index (χ0v) is 8.49. The lowest BCUT2D eigenvalue weighted by atomic mass is 10.2. The van der Waals surface area contributed by atoms with E-state index in [9.17, 15) is 8.78 Å². The molecule has 0 unspecified atom stereocenters. The molecule has 0 amide bonds. The Labute approximate surface area is 92.3 Å². The first-order valence-electron chi connectivity index (χ1n) is 4.87. The largest absolute Gasteiger partial charge is 0.489 e. The second-order valence-electron chi connectivity index (χ2n) is 3.38. The Balaban J connectivity index is 2.02. The van der Waals surface area contributed by atoms with Crippen LogP contribution in [0.3, 0.4) is 0 Å². The van der Waals surface area contributed by atoms with E-state index in [-0.39, 0.29) is 18.2 Å². The van der Waals surface area contributed by atoms with Gasteiger partial charge >= 0.3 is 0 Å².